The van der Waals surface area contributed by atoms with Crippen LogP contribution in [0.2, 0.25) is 10.0 Å². The van der Waals surface area contributed by atoms with Crippen LogP contribution in [-0.4, -0.2) is 10.8 Å². The van der Waals surface area contributed by atoms with Gasteiger partial charge in [-0.2, -0.15) is 0 Å². The second-order valence-corrected chi connectivity index (χ2v) is 5.79. The lowest BCUT2D eigenvalue weighted by molar-refractivity contribution is -0.384. The second-order valence-electron chi connectivity index (χ2n) is 4.04. The zero-order chi connectivity index (χ0) is 15.6. The molecule has 1 N–H and O–H groups in total. The summed E-state index contributed by atoms with van der Waals surface area (Å²) in [7, 11) is 0. The van der Waals surface area contributed by atoms with Crippen LogP contribution in [0.4, 0.5) is 11.4 Å². The van der Waals surface area contributed by atoms with E-state index in [1.165, 1.54) is 24.3 Å². The maximum Gasteiger partial charge on any atom is 0.288 e. The largest absolute Gasteiger partial charge is 0.322 e. The monoisotopic (exact) mass is 388 g/mol. The minimum Gasteiger partial charge on any atom is -0.322 e. The van der Waals surface area contributed by atoms with Crippen molar-refractivity contribution in [2.75, 3.05) is 5.32 Å². The normalized spacial score (nSPS) is 10.2. The lowest BCUT2D eigenvalue weighted by atomic mass is 10.2. The third-order valence-corrected chi connectivity index (χ3v) is 3.51. The highest BCUT2D eigenvalue weighted by atomic mass is 79.9. The molecule has 0 bridgehead atoms. The molecule has 8 heteroatoms. The number of hydrogen-bond donors (Lipinski definition) is 1. The van der Waals surface area contributed by atoms with Crippen LogP contribution in [0.5, 0.6) is 0 Å². The van der Waals surface area contributed by atoms with E-state index in [2.05, 4.69) is 21.2 Å². The van der Waals surface area contributed by atoms with Gasteiger partial charge < -0.3 is 5.32 Å². The molecule has 0 heterocycles. The SMILES string of the molecule is O=C(Nc1ccc([N+](=O)[O-])c(Cl)c1)c1cc(Cl)cc(Br)c1. The standard InChI is InChI=1S/C13H7BrCl2N2O3/c14-8-3-7(4-9(15)5-8)13(19)17-10-1-2-12(18(20)21)11(16)6-10/h1-6H,(H,17,19). The molecule has 2 rings (SSSR count). The molecule has 1 amide bonds. The summed E-state index contributed by atoms with van der Waals surface area (Å²) in [6.45, 7) is 0. The van der Waals surface area contributed by atoms with E-state index >= 15 is 0 Å². The molecule has 2 aromatic rings. The Bertz CT molecular complexity index is 717. The van der Waals surface area contributed by atoms with Crippen molar-refractivity contribution in [1.29, 1.82) is 0 Å². The summed E-state index contributed by atoms with van der Waals surface area (Å²) in [6.07, 6.45) is 0. The van der Waals surface area contributed by atoms with Crippen LogP contribution >= 0.6 is 39.1 Å². The summed E-state index contributed by atoms with van der Waals surface area (Å²) in [4.78, 5) is 22.2. The number of halogens is 3. The van der Waals surface area contributed by atoms with Crippen molar-refractivity contribution in [3.05, 3.63) is 66.6 Å². The van der Waals surface area contributed by atoms with Crippen molar-refractivity contribution >= 4 is 56.4 Å². The number of nitrogens with zero attached hydrogens (tertiary/aromatic N) is 1. The Morgan fingerprint density at radius 1 is 1.19 bits per heavy atom. The summed E-state index contributed by atoms with van der Waals surface area (Å²) in [6, 6.07) is 8.72. The molecular weight excluding hydrogens is 383 g/mol. The number of nitro benzene ring substituents is 1. The summed E-state index contributed by atoms with van der Waals surface area (Å²) in [5.41, 5.74) is 0.482. The zero-order valence-electron chi connectivity index (χ0n) is 10.3. The molecule has 0 aliphatic carbocycles. The highest BCUT2D eigenvalue weighted by Crippen LogP contribution is 2.27. The van der Waals surface area contributed by atoms with Gasteiger partial charge in [0.05, 0.1) is 4.92 Å². The summed E-state index contributed by atoms with van der Waals surface area (Å²) < 4.78 is 0.668. The molecule has 0 aromatic heterocycles. The van der Waals surface area contributed by atoms with Crippen LogP contribution in [0.3, 0.4) is 0 Å². The van der Waals surface area contributed by atoms with Gasteiger partial charge in [0.15, 0.2) is 0 Å². The second kappa shape index (κ2) is 6.43. The Kier molecular flexibility index (Phi) is 4.82. The van der Waals surface area contributed by atoms with Crippen LogP contribution in [0.1, 0.15) is 10.4 Å². The van der Waals surface area contributed by atoms with Gasteiger partial charge in [0.1, 0.15) is 5.02 Å². The van der Waals surface area contributed by atoms with Gasteiger partial charge in [0.2, 0.25) is 0 Å². The van der Waals surface area contributed by atoms with Crippen molar-refractivity contribution in [3.8, 4) is 0 Å². The minimum atomic E-state index is -0.595. The molecule has 108 valence electrons. The third kappa shape index (κ3) is 3.93. The highest BCUT2D eigenvalue weighted by Gasteiger charge is 2.14. The molecule has 0 aliphatic rings. The number of nitro groups is 1. The molecule has 0 saturated heterocycles. The van der Waals surface area contributed by atoms with E-state index in [4.69, 9.17) is 23.2 Å². The number of nitrogens with one attached hydrogen (secondary N) is 1. The predicted octanol–water partition coefficient (Wildman–Crippen LogP) is 4.92. The number of carbonyl (C=O) groups excluding carboxylic acids is 1. The maximum atomic E-state index is 12.1. The Hall–Kier alpha value is -1.63. The quantitative estimate of drug-likeness (QED) is 0.598. The molecule has 0 saturated carbocycles. The predicted molar refractivity (Wildman–Crippen MR) is 85.2 cm³/mol. The summed E-state index contributed by atoms with van der Waals surface area (Å²) >= 11 is 14.9. The number of hydrogen-bond acceptors (Lipinski definition) is 3. The fourth-order valence-corrected chi connectivity index (χ4v) is 2.73. The molecule has 2 aromatic carbocycles. The van der Waals surface area contributed by atoms with Crippen LogP contribution < -0.4 is 5.32 Å². The van der Waals surface area contributed by atoms with Crippen LogP contribution in [0, 0.1) is 10.1 Å². The van der Waals surface area contributed by atoms with Gasteiger partial charge in [-0.15, -0.1) is 0 Å². The fourth-order valence-electron chi connectivity index (χ4n) is 1.62. The lowest BCUT2D eigenvalue weighted by Gasteiger charge is -2.07. The lowest BCUT2D eigenvalue weighted by Crippen LogP contribution is -2.12. The minimum absolute atomic E-state index is 0.0509. The van der Waals surface area contributed by atoms with Gasteiger partial charge in [-0.05, 0) is 30.3 Å². The average Bonchev–Trinajstić information content (AvgIpc) is 2.37. The van der Waals surface area contributed by atoms with Crippen molar-refractivity contribution < 1.29 is 9.72 Å². The zero-order valence-corrected chi connectivity index (χ0v) is 13.4. The van der Waals surface area contributed by atoms with Crippen molar-refractivity contribution in [1.82, 2.24) is 0 Å². The van der Waals surface area contributed by atoms with Gasteiger partial charge in [0.25, 0.3) is 11.6 Å². The van der Waals surface area contributed by atoms with E-state index in [0.717, 1.165) is 0 Å². The molecule has 0 unspecified atom stereocenters. The van der Waals surface area contributed by atoms with Crippen molar-refractivity contribution in [2.24, 2.45) is 0 Å². The molecule has 0 spiro atoms. The van der Waals surface area contributed by atoms with Crippen LogP contribution in [-0.2, 0) is 0 Å². The summed E-state index contributed by atoms with van der Waals surface area (Å²) in [5.74, 6) is -0.400. The molecule has 0 fully saturated rings. The van der Waals surface area contributed by atoms with E-state index in [0.29, 0.717) is 20.7 Å². The maximum absolute atomic E-state index is 12.1. The molecule has 0 atom stereocenters. The van der Waals surface area contributed by atoms with E-state index in [9.17, 15) is 14.9 Å². The van der Waals surface area contributed by atoms with Gasteiger partial charge >= 0.3 is 0 Å². The molecular formula is C13H7BrCl2N2O3. The van der Waals surface area contributed by atoms with Gasteiger partial charge in [0, 0.05) is 26.8 Å². The van der Waals surface area contributed by atoms with E-state index in [-0.39, 0.29) is 10.7 Å². The third-order valence-electron chi connectivity index (χ3n) is 2.53. The van der Waals surface area contributed by atoms with Gasteiger partial charge in [-0.1, -0.05) is 39.1 Å². The van der Waals surface area contributed by atoms with E-state index < -0.39 is 10.8 Å². The van der Waals surface area contributed by atoms with Gasteiger partial charge in [-0.3, -0.25) is 14.9 Å². The first-order chi connectivity index (χ1) is 9.86. The summed E-state index contributed by atoms with van der Waals surface area (Å²) in [5, 5.41) is 13.6. The van der Waals surface area contributed by atoms with Crippen LogP contribution in [0.25, 0.3) is 0 Å². The fraction of sp³-hybridized carbons (Fsp3) is 0. The Balaban J connectivity index is 2.23. The van der Waals surface area contributed by atoms with Crippen molar-refractivity contribution in [2.45, 2.75) is 0 Å². The smallest absolute Gasteiger partial charge is 0.288 e. The van der Waals surface area contributed by atoms with Gasteiger partial charge in [-0.25, -0.2) is 0 Å². The topological polar surface area (TPSA) is 72.2 Å². The van der Waals surface area contributed by atoms with E-state index in [1.54, 1.807) is 12.1 Å². The Morgan fingerprint density at radius 3 is 2.48 bits per heavy atom. The number of amides is 1. The number of benzene rings is 2. The molecule has 21 heavy (non-hydrogen) atoms. The molecule has 0 aliphatic heterocycles. The Labute approximate surface area is 138 Å². The highest BCUT2D eigenvalue weighted by molar-refractivity contribution is 9.10. The average molecular weight is 390 g/mol. The number of rotatable bonds is 3. The molecule has 0 radical (unpaired) electrons. The number of anilines is 1. The van der Waals surface area contributed by atoms with Crippen LogP contribution in [0.15, 0.2) is 40.9 Å². The first-order valence-electron chi connectivity index (χ1n) is 5.58. The van der Waals surface area contributed by atoms with E-state index in [1.807, 2.05) is 0 Å². The Morgan fingerprint density at radius 2 is 1.90 bits per heavy atom. The molecule has 5 nitrogen and oxygen atoms in total. The number of carbonyl (C=O) groups is 1. The first-order valence-corrected chi connectivity index (χ1v) is 7.13. The van der Waals surface area contributed by atoms with Crippen molar-refractivity contribution in [3.63, 3.8) is 0 Å². The first kappa shape index (κ1) is 15.8.